The van der Waals surface area contributed by atoms with Gasteiger partial charge in [-0.05, 0) is 37.1 Å². The topological polar surface area (TPSA) is 69.7 Å². The Morgan fingerprint density at radius 3 is 2.68 bits per heavy atom. The van der Waals surface area contributed by atoms with Crippen LogP contribution in [0.25, 0.3) is 10.2 Å². The second kappa shape index (κ2) is 9.86. The normalized spacial score (nSPS) is 11.4. The summed E-state index contributed by atoms with van der Waals surface area (Å²) in [6, 6.07) is 9.32. The average molecular weight is 454 g/mol. The molecule has 0 aliphatic carbocycles. The number of alkyl halides is 3. The number of benzene rings is 2. The van der Waals surface area contributed by atoms with E-state index in [0.29, 0.717) is 28.3 Å². The first kappa shape index (κ1) is 22.7. The summed E-state index contributed by atoms with van der Waals surface area (Å²) in [5.41, 5.74) is 1.45. The number of nitrogens with one attached hydrogen (secondary N) is 1. The van der Waals surface area contributed by atoms with Gasteiger partial charge < -0.3 is 14.2 Å². The van der Waals surface area contributed by atoms with E-state index in [0.717, 1.165) is 29.7 Å². The van der Waals surface area contributed by atoms with Crippen molar-refractivity contribution in [1.82, 2.24) is 4.98 Å². The van der Waals surface area contributed by atoms with Gasteiger partial charge in [-0.15, -0.1) is 13.2 Å². The molecule has 10 heteroatoms. The van der Waals surface area contributed by atoms with E-state index in [1.54, 1.807) is 6.07 Å². The molecule has 0 atom stereocenters. The third-order valence-electron chi connectivity index (χ3n) is 4.07. The molecule has 1 N–H and O–H groups in total. The van der Waals surface area contributed by atoms with Crippen molar-refractivity contribution >= 4 is 32.6 Å². The third-order valence-corrected chi connectivity index (χ3v) is 5.00. The smallest absolute Gasteiger partial charge is 0.490 e. The summed E-state index contributed by atoms with van der Waals surface area (Å²) in [5.74, 6) is 0.299. The van der Waals surface area contributed by atoms with Gasteiger partial charge in [0.05, 0.1) is 16.8 Å². The molecule has 0 aliphatic heterocycles. The number of fused-ring (bicyclic) bond motifs is 1. The van der Waals surface area contributed by atoms with Crippen LogP contribution < -0.4 is 19.5 Å². The number of ether oxygens (including phenoxy) is 3. The lowest BCUT2D eigenvalue weighted by Crippen LogP contribution is -2.20. The molecule has 2 aromatic carbocycles. The van der Waals surface area contributed by atoms with E-state index in [1.807, 2.05) is 19.1 Å². The first-order chi connectivity index (χ1) is 14.8. The molecule has 0 unspecified atom stereocenters. The van der Waals surface area contributed by atoms with Gasteiger partial charge in [-0.2, -0.15) is 0 Å². The molecule has 0 saturated heterocycles. The van der Waals surface area contributed by atoms with E-state index >= 15 is 0 Å². The molecule has 0 spiro atoms. The molecule has 3 rings (SSSR count). The predicted octanol–water partition coefficient (Wildman–Crippen LogP) is 5.56. The van der Waals surface area contributed by atoms with Gasteiger partial charge in [0.15, 0.2) is 23.2 Å². The zero-order valence-corrected chi connectivity index (χ0v) is 17.7. The van der Waals surface area contributed by atoms with Crippen LogP contribution in [0.5, 0.6) is 17.2 Å². The van der Waals surface area contributed by atoms with Gasteiger partial charge in [0.25, 0.3) is 5.91 Å². The number of hydrogen-bond donors (Lipinski definition) is 1. The van der Waals surface area contributed by atoms with E-state index in [4.69, 9.17) is 9.47 Å². The van der Waals surface area contributed by atoms with Crippen molar-refractivity contribution in [2.75, 3.05) is 18.5 Å². The maximum atomic E-state index is 12.4. The van der Waals surface area contributed by atoms with Crippen molar-refractivity contribution < 1.29 is 32.2 Å². The summed E-state index contributed by atoms with van der Waals surface area (Å²) in [4.78, 5) is 16.5. The van der Waals surface area contributed by atoms with Crippen LogP contribution in [-0.4, -0.2) is 30.5 Å². The first-order valence-electron chi connectivity index (χ1n) is 9.62. The molecule has 0 fully saturated rings. The van der Waals surface area contributed by atoms with E-state index in [2.05, 4.69) is 22.0 Å². The number of aryl methyl sites for hydroxylation is 1. The molecule has 166 valence electrons. The largest absolute Gasteiger partial charge is 0.573 e. The number of carbonyl (C=O) groups excluding carboxylic acids is 1. The second-order valence-corrected chi connectivity index (χ2v) is 7.49. The summed E-state index contributed by atoms with van der Waals surface area (Å²) in [7, 11) is 0. The standard InChI is InChI=1S/C21H21F3N2O4S/c1-3-6-13-7-5-8-16(19(13)28-4-2)29-12-18(27)26-20-25-15-10-9-14(11-17(15)31-20)30-21(22,23)24/h5,7-11H,3-4,6,12H2,1-2H3,(H,25,26,27). The van der Waals surface area contributed by atoms with Crippen LogP contribution in [-0.2, 0) is 11.2 Å². The molecule has 6 nitrogen and oxygen atoms in total. The summed E-state index contributed by atoms with van der Waals surface area (Å²) in [6.07, 6.45) is -3.01. The highest BCUT2D eigenvalue weighted by Gasteiger charge is 2.31. The summed E-state index contributed by atoms with van der Waals surface area (Å²) >= 11 is 1.04. The molecular weight excluding hydrogens is 433 g/mol. The number of para-hydroxylation sites is 1. The molecule has 0 radical (unpaired) electrons. The van der Waals surface area contributed by atoms with Gasteiger partial charge in [0.2, 0.25) is 0 Å². The molecule has 0 saturated carbocycles. The third kappa shape index (κ3) is 6.24. The Morgan fingerprint density at radius 1 is 1.16 bits per heavy atom. The zero-order valence-electron chi connectivity index (χ0n) is 16.9. The highest BCUT2D eigenvalue weighted by atomic mass is 32.1. The second-order valence-electron chi connectivity index (χ2n) is 6.46. The maximum Gasteiger partial charge on any atom is 0.573 e. The van der Waals surface area contributed by atoms with Crippen molar-refractivity contribution in [3.63, 3.8) is 0 Å². The van der Waals surface area contributed by atoms with Crippen molar-refractivity contribution in [3.05, 3.63) is 42.0 Å². The van der Waals surface area contributed by atoms with Gasteiger partial charge in [0, 0.05) is 6.07 Å². The molecule has 31 heavy (non-hydrogen) atoms. The van der Waals surface area contributed by atoms with Crippen LogP contribution in [0.1, 0.15) is 25.8 Å². The van der Waals surface area contributed by atoms with Gasteiger partial charge in [-0.25, -0.2) is 4.98 Å². The molecule has 1 heterocycles. The number of carbonyl (C=O) groups is 1. The molecule has 0 aliphatic rings. The minimum absolute atomic E-state index is 0.248. The van der Waals surface area contributed by atoms with Gasteiger partial charge in [0.1, 0.15) is 5.75 Å². The number of rotatable bonds is 9. The van der Waals surface area contributed by atoms with E-state index in [-0.39, 0.29) is 17.5 Å². The van der Waals surface area contributed by atoms with Gasteiger partial charge in [-0.3, -0.25) is 10.1 Å². The van der Waals surface area contributed by atoms with Crippen molar-refractivity contribution in [1.29, 1.82) is 0 Å². The number of hydrogen-bond acceptors (Lipinski definition) is 6. The van der Waals surface area contributed by atoms with Crippen LogP contribution in [0.2, 0.25) is 0 Å². The molecule has 3 aromatic rings. The van der Waals surface area contributed by atoms with E-state index in [1.165, 1.54) is 18.2 Å². The van der Waals surface area contributed by atoms with Crippen LogP contribution in [0.15, 0.2) is 36.4 Å². The van der Waals surface area contributed by atoms with Crippen LogP contribution >= 0.6 is 11.3 Å². The van der Waals surface area contributed by atoms with Crippen molar-refractivity contribution in [2.45, 2.75) is 33.1 Å². The Balaban J connectivity index is 1.66. The maximum absolute atomic E-state index is 12.4. The van der Waals surface area contributed by atoms with Crippen LogP contribution in [0.4, 0.5) is 18.3 Å². The Bertz CT molecular complexity index is 1050. The molecular formula is C21H21F3N2O4S. The minimum Gasteiger partial charge on any atom is -0.490 e. The quantitative estimate of drug-likeness (QED) is 0.458. The first-order valence-corrected chi connectivity index (χ1v) is 10.4. The fourth-order valence-electron chi connectivity index (χ4n) is 2.90. The SMILES string of the molecule is CCCc1cccc(OCC(=O)Nc2nc3ccc(OC(F)(F)F)cc3s2)c1OCC. The fourth-order valence-corrected chi connectivity index (χ4v) is 3.81. The number of nitrogens with zero attached hydrogens (tertiary/aromatic N) is 1. The number of halogens is 3. The predicted molar refractivity (Wildman–Crippen MR) is 112 cm³/mol. The van der Waals surface area contributed by atoms with Gasteiger partial charge in [-0.1, -0.05) is 36.8 Å². The Morgan fingerprint density at radius 2 is 1.97 bits per heavy atom. The van der Waals surface area contributed by atoms with Crippen LogP contribution in [0.3, 0.4) is 0 Å². The number of anilines is 1. The Labute approximate surface area is 180 Å². The fraction of sp³-hybridized carbons (Fsp3) is 0.333. The zero-order chi connectivity index (χ0) is 22.4. The lowest BCUT2D eigenvalue weighted by Gasteiger charge is -2.15. The summed E-state index contributed by atoms with van der Waals surface area (Å²) < 4.78 is 52.8. The Hall–Kier alpha value is -3.01. The van der Waals surface area contributed by atoms with E-state index < -0.39 is 12.3 Å². The monoisotopic (exact) mass is 454 g/mol. The summed E-state index contributed by atoms with van der Waals surface area (Å²) in [6.45, 7) is 4.13. The van der Waals surface area contributed by atoms with E-state index in [9.17, 15) is 18.0 Å². The molecule has 1 amide bonds. The molecule has 0 bridgehead atoms. The number of amides is 1. The van der Waals surface area contributed by atoms with Crippen molar-refractivity contribution in [3.8, 4) is 17.2 Å². The number of thiazole rings is 1. The molecule has 1 aromatic heterocycles. The lowest BCUT2D eigenvalue weighted by atomic mass is 10.1. The summed E-state index contributed by atoms with van der Waals surface area (Å²) in [5, 5.41) is 2.85. The highest BCUT2D eigenvalue weighted by Crippen LogP contribution is 2.33. The number of aromatic nitrogens is 1. The highest BCUT2D eigenvalue weighted by molar-refractivity contribution is 7.22. The van der Waals surface area contributed by atoms with Crippen LogP contribution in [0, 0.1) is 0 Å². The minimum atomic E-state index is -4.78. The average Bonchev–Trinajstić information content (AvgIpc) is 3.08. The van der Waals surface area contributed by atoms with Gasteiger partial charge >= 0.3 is 6.36 Å². The van der Waals surface area contributed by atoms with Crippen molar-refractivity contribution in [2.24, 2.45) is 0 Å². The lowest BCUT2D eigenvalue weighted by molar-refractivity contribution is -0.274. The Kier molecular flexibility index (Phi) is 7.21.